The molecule has 0 fully saturated rings. The van der Waals surface area contributed by atoms with Crippen LogP contribution < -0.4 is 0 Å². The number of hydrogen-bond acceptors (Lipinski definition) is 1. The Kier molecular flexibility index (Phi) is 3.88. The molecule has 0 amide bonds. The van der Waals surface area contributed by atoms with Crippen molar-refractivity contribution in [1.82, 2.24) is 0 Å². The van der Waals surface area contributed by atoms with Gasteiger partial charge in [0.2, 0.25) is 0 Å². The highest BCUT2D eigenvalue weighted by Crippen LogP contribution is 2.25. The van der Waals surface area contributed by atoms with Crippen LogP contribution in [0.3, 0.4) is 0 Å². The van der Waals surface area contributed by atoms with E-state index in [-0.39, 0.29) is 5.78 Å². The number of rotatable bonds is 3. The van der Waals surface area contributed by atoms with Gasteiger partial charge in [0.25, 0.3) is 0 Å². The van der Waals surface area contributed by atoms with Crippen molar-refractivity contribution in [1.29, 1.82) is 0 Å². The van der Waals surface area contributed by atoms with Crippen LogP contribution in [0.25, 0.3) is 11.1 Å². The monoisotopic (exact) mass is 286 g/mol. The first-order chi connectivity index (χ1) is 10.6. The summed E-state index contributed by atoms with van der Waals surface area (Å²) in [6.07, 6.45) is 0. The van der Waals surface area contributed by atoms with Crippen LogP contribution in [0.5, 0.6) is 0 Å². The largest absolute Gasteiger partial charge is 0.289 e. The molecule has 0 aliphatic heterocycles. The minimum atomic E-state index is 0.0628. The summed E-state index contributed by atoms with van der Waals surface area (Å²) in [5, 5.41) is 0. The molecule has 0 bridgehead atoms. The second kappa shape index (κ2) is 5.98. The van der Waals surface area contributed by atoms with Crippen LogP contribution in [0.4, 0.5) is 0 Å². The lowest BCUT2D eigenvalue weighted by atomic mass is 9.96. The molecular weight excluding hydrogens is 268 g/mol. The zero-order valence-corrected chi connectivity index (χ0v) is 12.8. The van der Waals surface area contributed by atoms with Crippen molar-refractivity contribution in [3.63, 3.8) is 0 Å². The maximum Gasteiger partial charge on any atom is 0.193 e. The van der Waals surface area contributed by atoms with Crippen LogP contribution in [-0.2, 0) is 0 Å². The first kappa shape index (κ1) is 14.3. The van der Waals surface area contributed by atoms with E-state index in [4.69, 9.17) is 0 Å². The van der Waals surface area contributed by atoms with E-state index in [1.165, 1.54) is 16.7 Å². The summed E-state index contributed by atoms with van der Waals surface area (Å²) < 4.78 is 0. The summed E-state index contributed by atoms with van der Waals surface area (Å²) in [6.45, 7) is 4.21. The molecular formula is C21H18O. The van der Waals surface area contributed by atoms with Crippen LogP contribution in [0.15, 0.2) is 72.8 Å². The van der Waals surface area contributed by atoms with E-state index in [9.17, 15) is 4.79 Å². The maximum absolute atomic E-state index is 12.4. The molecule has 1 heteroatoms. The van der Waals surface area contributed by atoms with Gasteiger partial charge in [-0.05, 0) is 30.5 Å². The van der Waals surface area contributed by atoms with Crippen molar-refractivity contribution in [2.24, 2.45) is 0 Å². The molecule has 3 aromatic rings. The van der Waals surface area contributed by atoms with Crippen molar-refractivity contribution in [3.8, 4) is 11.1 Å². The quantitative estimate of drug-likeness (QED) is 0.605. The van der Waals surface area contributed by atoms with E-state index in [1.807, 2.05) is 54.6 Å². The fourth-order valence-electron chi connectivity index (χ4n) is 2.69. The fraction of sp³-hybridized carbons (Fsp3) is 0.0952. The van der Waals surface area contributed by atoms with Crippen LogP contribution >= 0.6 is 0 Å². The summed E-state index contributed by atoms with van der Waals surface area (Å²) in [4.78, 5) is 12.4. The van der Waals surface area contributed by atoms with Gasteiger partial charge >= 0.3 is 0 Å². The Morgan fingerprint density at radius 3 is 2.00 bits per heavy atom. The Labute approximate surface area is 131 Å². The summed E-state index contributed by atoms with van der Waals surface area (Å²) in [5.41, 5.74) is 6.31. The molecule has 108 valence electrons. The molecule has 0 N–H and O–H groups in total. The Hall–Kier alpha value is -2.67. The van der Waals surface area contributed by atoms with Gasteiger partial charge in [0, 0.05) is 11.1 Å². The van der Waals surface area contributed by atoms with Crippen LogP contribution in [0, 0.1) is 13.8 Å². The highest BCUT2D eigenvalue weighted by atomic mass is 16.1. The maximum atomic E-state index is 12.4. The third kappa shape index (κ3) is 2.84. The number of carbonyl (C=O) groups excluding carboxylic acids is 1. The molecule has 1 nitrogen and oxygen atoms in total. The molecule has 0 saturated carbocycles. The molecule has 0 heterocycles. The summed E-state index contributed by atoms with van der Waals surface area (Å²) in [7, 11) is 0. The highest BCUT2D eigenvalue weighted by Gasteiger charge is 2.09. The Bertz CT molecular complexity index is 799. The first-order valence-corrected chi connectivity index (χ1v) is 7.42. The van der Waals surface area contributed by atoms with Gasteiger partial charge in [0.05, 0.1) is 0 Å². The zero-order chi connectivity index (χ0) is 15.5. The van der Waals surface area contributed by atoms with Gasteiger partial charge < -0.3 is 0 Å². The Balaban J connectivity index is 1.91. The van der Waals surface area contributed by atoms with Gasteiger partial charge in [-0.1, -0.05) is 78.4 Å². The van der Waals surface area contributed by atoms with Crippen LogP contribution in [0.1, 0.15) is 27.0 Å². The Morgan fingerprint density at radius 2 is 1.36 bits per heavy atom. The van der Waals surface area contributed by atoms with Gasteiger partial charge in [-0.15, -0.1) is 0 Å². The standard InChI is InChI=1S/C21H18O/c1-15-8-13-20(16(2)14-15)17-9-11-19(12-10-17)21(22)18-6-4-3-5-7-18/h3-14H,1-2H3. The molecule has 0 radical (unpaired) electrons. The molecule has 0 unspecified atom stereocenters. The SMILES string of the molecule is Cc1ccc(-c2ccc(C(=O)c3ccccc3)cc2)c(C)c1. The number of ketones is 1. The summed E-state index contributed by atoms with van der Waals surface area (Å²) in [6, 6.07) is 23.7. The minimum absolute atomic E-state index is 0.0628. The van der Waals surface area contributed by atoms with E-state index >= 15 is 0 Å². The number of benzene rings is 3. The number of carbonyl (C=O) groups is 1. The van der Waals surface area contributed by atoms with Crippen molar-refractivity contribution in [2.75, 3.05) is 0 Å². The van der Waals surface area contributed by atoms with Crippen LogP contribution in [-0.4, -0.2) is 5.78 Å². The van der Waals surface area contributed by atoms with E-state index < -0.39 is 0 Å². The van der Waals surface area contributed by atoms with E-state index in [1.54, 1.807) is 0 Å². The normalized spacial score (nSPS) is 10.5. The van der Waals surface area contributed by atoms with Crippen LogP contribution in [0.2, 0.25) is 0 Å². The molecule has 0 atom stereocenters. The molecule has 0 aromatic heterocycles. The summed E-state index contributed by atoms with van der Waals surface area (Å²) in [5.74, 6) is 0.0628. The third-order valence-electron chi connectivity index (χ3n) is 3.88. The highest BCUT2D eigenvalue weighted by molar-refractivity contribution is 6.09. The van der Waals surface area contributed by atoms with Gasteiger partial charge in [-0.2, -0.15) is 0 Å². The average molecular weight is 286 g/mol. The first-order valence-electron chi connectivity index (χ1n) is 7.42. The second-order valence-corrected chi connectivity index (χ2v) is 5.59. The lowest BCUT2D eigenvalue weighted by molar-refractivity contribution is 0.103. The minimum Gasteiger partial charge on any atom is -0.289 e. The smallest absolute Gasteiger partial charge is 0.193 e. The van der Waals surface area contributed by atoms with Crippen molar-refractivity contribution >= 4 is 5.78 Å². The molecule has 0 saturated heterocycles. The number of hydrogen-bond donors (Lipinski definition) is 0. The predicted octanol–water partition coefficient (Wildman–Crippen LogP) is 5.20. The Morgan fingerprint density at radius 1 is 0.727 bits per heavy atom. The van der Waals surface area contributed by atoms with E-state index in [2.05, 4.69) is 32.0 Å². The third-order valence-corrected chi connectivity index (χ3v) is 3.88. The zero-order valence-electron chi connectivity index (χ0n) is 12.8. The predicted molar refractivity (Wildman–Crippen MR) is 91.2 cm³/mol. The average Bonchev–Trinajstić information content (AvgIpc) is 2.55. The molecule has 0 aliphatic rings. The van der Waals surface area contributed by atoms with E-state index in [0.29, 0.717) is 0 Å². The molecule has 3 rings (SSSR count). The lowest BCUT2D eigenvalue weighted by Gasteiger charge is -2.08. The van der Waals surface area contributed by atoms with Gasteiger partial charge in [0.1, 0.15) is 0 Å². The molecule has 22 heavy (non-hydrogen) atoms. The molecule has 3 aromatic carbocycles. The van der Waals surface area contributed by atoms with E-state index in [0.717, 1.165) is 16.7 Å². The van der Waals surface area contributed by atoms with Crippen molar-refractivity contribution in [2.45, 2.75) is 13.8 Å². The molecule has 0 aliphatic carbocycles. The summed E-state index contributed by atoms with van der Waals surface area (Å²) >= 11 is 0. The number of aryl methyl sites for hydroxylation is 2. The molecule has 0 spiro atoms. The van der Waals surface area contributed by atoms with Gasteiger partial charge in [-0.25, -0.2) is 0 Å². The van der Waals surface area contributed by atoms with Crippen molar-refractivity contribution in [3.05, 3.63) is 95.1 Å². The van der Waals surface area contributed by atoms with Gasteiger partial charge in [-0.3, -0.25) is 4.79 Å². The lowest BCUT2D eigenvalue weighted by Crippen LogP contribution is -2.00. The van der Waals surface area contributed by atoms with Crippen molar-refractivity contribution < 1.29 is 4.79 Å². The second-order valence-electron chi connectivity index (χ2n) is 5.59. The fourth-order valence-corrected chi connectivity index (χ4v) is 2.69. The van der Waals surface area contributed by atoms with Gasteiger partial charge in [0.15, 0.2) is 5.78 Å². The topological polar surface area (TPSA) is 17.1 Å².